The minimum atomic E-state index is -0.725. The fraction of sp³-hybridized carbons (Fsp3) is 0.556. The van der Waals surface area contributed by atoms with Gasteiger partial charge in [0.15, 0.2) is 0 Å². The molecule has 0 amide bonds. The molecule has 68 valence electrons. The molecule has 1 unspecified atom stereocenters. The van der Waals surface area contributed by atoms with Crippen molar-refractivity contribution in [2.75, 3.05) is 7.11 Å². The van der Waals surface area contributed by atoms with Gasteiger partial charge in [-0.2, -0.15) is 0 Å². The summed E-state index contributed by atoms with van der Waals surface area (Å²) in [6.45, 7) is 3.61. The summed E-state index contributed by atoms with van der Waals surface area (Å²) in [5.41, 5.74) is -0.613. The number of rotatable bonds is 3. The summed E-state index contributed by atoms with van der Waals surface area (Å²) in [7, 11) is 1.56. The maximum Gasteiger partial charge on any atom is 0.140 e. The van der Waals surface area contributed by atoms with Crippen molar-refractivity contribution >= 4 is 0 Å². The molecule has 0 bridgehead atoms. The molecule has 1 heterocycles. The van der Waals surface area contributed by atoms with Crippen LogP contribution in [0.25, 0.3) is 0 Å². The molecule has 0 saturated heterocycles. The highest BCUT2D eigenvalue weighted by Gasteiger charge is 2.30. The van der Waals surface area contributed by atoms with Gasteiger partial charge in [0.25, 0.3) is 0 Å². The highest BCUT2D eigenvalue weighted by molar-refractivity contribution is 5.06. The fourth-order valence-electron chi connectivity index (χ4n) is 0.901. The van der Waals surface area contributed by atoms with Gasteiger partial charge < -0.3 is 14.3 Å². The molecular formula is C9H14O3. The molecule has 12 heavy (non-hydrogen) atoms. The predicted octanol–water partition coefficient (Wildman–Crippen LogP) is 1.74. The van der Waals surface area contributed by atoms with Gasteiger partial charge in [-0.3, -0.25) is 0 Å². The van der Waals surface area contributed by atoms with Gasteiger partial charge in [-0.15, -0.1) is 0 Å². The van der Waals surface area contributed by atoms with Crippen molar-refractivity contribution in [3.05, 3.63) is 24.2 Å². The maximum atomic E-state index is 9.72. The van der Waals surface area contributed by atoms with Crippen LogP contribution in [0.3, 0.4) is 0 Å². The molecule has 0 fully saturated rings. The van der Waals surface area contributed by atoms with Crippen LogP contribution in [-0.2, 0) is 4.74 Å². The van der Waals surface area contributed by atoms with E-state index in [0.29, 0.717) is 5.76 Å². The molecule has 1 N–H and O–H groups in total. The summed E-state index contributed by atoms with van der Waals surface area (Å²) in [5, 5.41) is 9.72. The molecule has 1 aromatic heterocycles. The van der Waals surface area contributed by atoms with Crippen LogP contribution < -0.4 is 0 Å². The molecule has 0 aliphatic carbocycles. The maximum absolute atomic E-state index is 9.72. The lowest BCUT2D eigenvalue weighted by Gasteiger charge is -2.27. The Morgan fingerprint density at radius 2 is 2.25 bits per heavy atom. The van der Waals surface area contributed by atoms with E-state index in [1.54, 1.807) is 33.1 Å². The minimum Gasteiger partial charge on any atom is -0.466 e. The minimum absolute atomic E-state index is 0.529. The average Bonchev–Trinajstić information content (AvgIpc) is 2.55. The summed E-state index contributed by atoms with van der Waals surface area (Å²) < 4.78 is 10.2. The van der Waals surface area contributed by atoms with E-state index in [1.807, 2.05) is 0 Å². The zero-order valence-electron chi connectivity index (χ0n) is 7.57. The summed E-state index contributed by atoms with van der Waals surface area (Å²) in [6, 6.07) is 3.47. The quantitative estimate of drug-likeness (QED) is 0.751. The van der Waals surface area contributed by atoms with E-state index in [1.165, 1.54) is 6.26 Å². The zero-order valence-corrected chi connectivity index (χ0v) is 7.57. The summed E-state index contributed by atoms with van der Waals surface area (Å²) in [4.78, 5) is 0. The molecule has 1 atom stereocenters. The van der Waals surface area contributed by atoms with Gasteiger partial charge >= 0.3 is 0 Å². The highest BCUT2D eigenvalue weighted by Crippen LogP contribution is 2.27. The van der Waals surface area contributed by atoms with E-state index in [2.05, 4.69) is 0 Å². The van der Waals surface area contributed by atoms with Gasteiger partial charge in [0.2, 0.25) is 0 Å². The Labute approximate surface area is 72.0 Å². The molecule has 1 aromatic rings. The molecule has 0 aliphatic rings. The van der Waals surface area contributed by atoms with E-state index in [0.717, 1.165) is 0 Å². The van der Waals surface area contributed by atoms with Crippen LogP contribution in [0.4, 0.5) is 0 Å². The monoisotopic (exact) mass is 170 g/mol. The van der Waals surface area contributed by atoms with Gasteiger partial charge in [-0.25, -0.2) is 0 Å². The van der Waals surface area contributed by atoms with Crippen molar-refractivity contribution < 1.29 is 14.3 Å². The number of aliphatic hydroxyl groups excluding tert-OH is 1. The van der Waals surface area contributed by atoms with Crippen LogP contribution in [0, 0.1) is 0 Å². The number of aliphatic hydroxyl groups is 1. The van der Waals surface area contributed by atoms with Crippen LogP contribution >= 0.6 is 0 Å². The lowest BCUT2D eigenvalue weighted by Crippen LogP contribution is -2.31. The fourth-order valence-corrected chi connectivity index (χ4v) is 0.901. The third kappa shape index (κ3) is 1.68. The first-order valence-electron chi connectivity index (χ1n) is 3.84. The number of methoxy groups -OCH3 is 1. The Kier molecular flexibility index (Phi) is 2.55. The zero-order chi connectivity index (χ0) is 9.19. The van der Waals surface area contributed by atoms with Gasteiger partial charge in [0.05, 0.1) is 11.9 Å². The number of hydrogen-bond acceptors (Lipinski definition) is 3. The van der Waals surface area contributed by atoms with Crippen LogP contribution in [-0.4, -0.2) is 17.8 Å². The van der Waals surface area contributed by atoms with Crippen LogP contribution in [0.15, 0.2) is 22.8 Å². The summed E-state index contributed by atoms with van der Waals surface area (Å²) in [6.07, 6.45) is 0.807. The third-order valence-electron chi connectivity index (χ3n) is 2.00. The molecule has 0 aromatic carbocycles. The van der Waals surface area contributed by atoms with Crippen molar-refractivity contribution in [2.45, 2.75) is 25.6 Å². The van der Waals surface area contributed by atoms with E-state index < -0.39 is 11.7 Å². The van der Waals surface area contributed by atoms with Crippen LogP contribution in [0.5, 0.6) is 0 Å². The van der Waals surface area contributed by atoms with Crippen molar-refractivity contribution in [1.82, 2.24) is 0 Å². The topological polar surface area (TPSA) is 42.6 Å². The van der Waals surface area contributed by atoms with Crippen molar-refractivity contribution in [3.63, 3.8) is 0 Å². The van der Waals surface area contributed by atoms with Gasteiger partial charge in [-0.05, 0) is 26.0 Å². The van der Waals surface area contributed by atoms with Gasteiger partial charge in [0, 0.05) is 7.11 Å². The first kappa shape index (κ1) is 9.29. The molecule has 1 rings (SSSR count). The first-order valence-corrected chi connectivity index (χ1v) is 3.84. The van der Waals surface area contributed by atoms with Gasteiger partial charge in [-0.1, -0.05) is 0 Å². The molecule has 3 nitrogen and oxygen atoms in total. The molecule has 0 spiro atoms. The van der Waals surface area contributed by atoms with E-state index in [4.69, 9.17) is 9.15 Å². The summed E-state index contributed by atoms with van der Waals surface area (Å²) in [5.74, 6) is 0.529. The van der Waals surface area contributed by atoms with Crippen LogP contribution in [0.2, 0.25) is 0 Å². The lowest BCUT2D eigenvalue weighted by molar-refractivity contribution is -0.0871. The molecular weight excluding hydrogens is 156 g/mol. The highest BCUT2D eigenvalue weighted by atomic mass is 16.5. The first-order chi connectivity index (χ1) is 5.58. The Bertz CT molecular complexity index is 226. The Morgan fingerprint density at radius 3 is 2.67 bits per heavy atom. The number of furan rings is 1. The molecule has 3 heteroatoms. The van der Waals surface area contributed by atoms with E-state index >= 15 is 0 Å². The van der Waals surface area contributed by atoms with Crippen LogP contribution in [0.1, 0.15) is 25.7 Å². The molecule has 0 aliphatic heterocycles. The number of hydrogen-bond donors (Lipinski definition) is 1. The van der Waals surface area contributed by atoms with E-state index in [9.17, 15) is 5.11 Å². The SMILES string of the molecule is COC(C)(C)C(O)c1ccco1. The summed E-state index contributed by atoms with van der Waals surface area (Å²) >= 11 is 0. The smallest absolute Gasteiger partial charge is 0.140 e. The Morgan fingerprint density at radius 1 is 1.58 bits per heavy atom. The Balaban J connectivity index is 2.78. The van der Waals surface area contributed by atoms with Crippen molar-refractivity contribution in [2.24, 2.45) is 0 Å². The molecule has 0 radical (unpaired) electrons. The standard InChI is InChI=1S/C9H14O3/c1-9(2,11-3)8(10)7-5-4-6-12-7/h4-6,8,10H,1-3H3. The lowest BCUT2D eigenvalue weighted by atomic mass is 10.00. The Hall–Kier alpha value is -0.800. The second kappa shape index (κ2) is 3.29. The van der Waals surface area contributed by atoms with Crippen molar-refractivity contribution in [3.8, 4) is 0 Å². The normalized spacial score (nSPS) is 14.7. The molecule has 0 saturated carbocycles. The van der Waals surface area contributed by atoms with E-state index in [-0.39, 0.29) is 0 Å². The largest absolute Gasteiger partial charge is 0.466 e. The van der Waals surface area contributed by atoms with Gasteiger partial charge in [0.1, 0.15) is 11.9 Å². The number of ether oxygens (including phenoxy) is 1. The predicted molar refractivity (Wildman–Crippen MR) is 44.8 cm³/mol. The second-order valence-corrected chi connectivity index (χ2v) is 3.23. The average molecular weight is 170 g/mol. The van der Waals surface area contributed by atoms with Crippen molar-refractivity contribution in [1.29, 1.82) is 0 Å². The third-order valence-corrected chi connectivity index (χ3v) is 2.00. The second-order valence-electron chi connectivity index (χ2n) is 3.23.